The monoisotopic (exact) mass is 214 g/mol. The largest absolute Gasteiger partial charge is 0.378 e. The molecule has 0 radical (unpaired) electrons. The Balaban J connectivity index is 2.45. The van der Waals surface area contributed by atoms with Gasteiger partial charge in [0.25, 0.3) is 0 Å². The third-order valence-electron chi connectivity index (χ3n) is 2.58. The lowest BCUT2D eigenvalue weighted by atomic mass is 10.1. The summed E-state index contributed by atoms with van der Waals surface area (Å²) in [5, 5.41) is 8.09. The van der Waals surface area contributed by atoms with Crippen LogP contribution in [0.1, 0.15) is 26.7 Å². The lowest BCUT2D eigenvalue weighted by Crippen LogP contribution is -2.46. The van der Waals surface area contributed by atoms with E-state index in [4.69, 9.17) is 14.9 Å². The molecule has 4 nitrogen and oxygen atoms in total. The zero-order valence-electron chi connectivity index (χ0n) is 9.79. The molecule has 0 saturated carbocycles. The van der Waals surface area contributed by atoms with Crippen LogP contribution in [0.15, 0.2) is 0 Å². The molecule has 88 valence electrons. The summed E-state index contributed by atoms with van der Waals surface area (Å²) in [7, 11) is 0. The lowest BCUT2D eigenvalue weighted by Gasteiger charge is -2.32. The van der Waals surface area contributed by atoms with Crippen LogP contribution >= 0.6 is 0 Å². The molecule has 0 aliphatic carbocycles. The number of ether oxygens (including phenoxy) is 2. The van der Waals surface area contributed by atoms with Crippen molar-refractivity contribution in [1.29, 1.82) is 5.41 Å². The van der Waals surface area contributed by atoms with Crippen molar-refractivity contribution in [3.8, 4) is 0 Å². The van der Waals surface area contributed by atoms with Gasteiger partial charge in [0.15, 0.2) is 0 Å². The Labute approximate surface area is 92.1 Å². The van der Waals surface area contributed by atoms with Crippen molar-refractivity contribution in [3.63, 3.8) is 0 Å². The van der Waals surface area contributed by atoms with Crippen molar-refractivity contribution < 1.29 is 9.47 Å². The number of amidine groups is 1. The van der Waals surface area contributed by atoms with Gasteiger partial charge in [-0.25, -0.2) is 0 Å². The van der Waals surface area contributed by atoms with Crippen LogP contribution in [0.3, 0.4) is 0 Å². The van der Waals surface area contributed by atoms with Crippen LogP contribution in [-0.4, -0.2) is 49.7 Å². The van der Waals surface area contributed by atoms with Crippen LogP contribution in [-0.2, 0) is 9.47 Å². The molecule has 0 aromatic carbocycles. The van der Waals surface area contributed by atoms with E-state index in [1.165, 1.54) is 0 Å². The molecule has 1 rings (SSSR count). The highest BCUT2D eigenvalue weighted by atomic mass is 16.5. The number of rotatable bonds is 5. The van der Waals surface area contributed by atoms with E-state index < -0.39 is 0 Å². The molecular weight excluding hydrogens is 192 g/mol. The molecule has 0 bridgehead atoms. The van der Waals surface area contributed by atoms with Gasteiger partial charge in [-0.2, -0.15) is 0 Å². The molecule has 1 fully saturated rings. The number of hydrogen-bond acceptors (Lipinski definition) is 3. The van der Waals surface area contributed by atoms with E-state index in [1.807, 2.05) is 6.92 Å². The van der Waals surface area contributed by atoms with Crippen molar-refractivity contribution in [2.24, 2.45) is 0 Å². The molecule has 1 saturated heterocycles. The predicted molar refractivity (Wildman–Crippen MR) is 60.4 cm³/mol. The van der Waals surface area contributed by atoms with E-state index in [-0.39, 0.29) is 6.10 Å². The standard InChI is InChI=1S/C11H22N2O2/c1-3-5-10(15-4-2)11(12)13-6-8-14-9-7-13/h10,12H,3-9H2,1-2H3. The van der Waals surface area contributed by atoms with Crippen LogP contribution in [0, 0.1) is 5.41 Å². The molecule has 0 spiro atoms. The van der Waals surface area contributed by atoms with Gasteiger partial charge < -0.3 is 14.4 Å². The van der Waals surface area contributed by atoms with Gasteiger partial charge in [-0.1, -0.05) is 13.3 Å². The van der Waals surface area contributed by atoms with Gasteiger partial charge in [0.05, 0.1) is 13.2 Å². The first-order valence-electron chi connectivity index (χ1n) is 5.82. The highest BCUT2D eigenvalue weighted by Crippen LogP contribution is 2.09. The summed E-state index contributed by atoms with van der Waals surface area (Å²) >= 11 is 0. The topological polar surface area (TPSA) is 45.5 Å². The molecule has 1 aliphatic heterocycles. The van der Waals surface area contributed by atoms with E-state index in [2.05, 4.69) is 11.8 Å². The van der Waals surface area contributed by atoms with E-state index in [0.29, 0.717) is 12.4 Å². The molecular formula is C11H22N2O2. The summed E-state index contributed by atoms with van der Waals surface area (Å²) in [6.07, 6.45) is 1.96. The third kappa shape index (κ3) is 3.80. The zero-order valence-corrected chi connectivity index (χ0v) is 9.79. The minimum absolute atomic E-state index is 0.0295. The second-order valence-corrected chi connectivity index (χ2v) is 3.72. The Bertz CT molecular complexity index is 185. The smallest absolute Gasteiger partial charge is 0.126 e. The van der Waals surface area contributed by atoms with Crippen LogP contribution in [0.2, 0.25) is 0 Å². The Hall–Kier alpha value is -0.610. The number of hydrogen-bond donors (Lipinski definition) is 1. The minimum atomic E-state index is -0.0295. The maximum absolute atomic E-state index is 8.09. The molecule has 0 amide bonds. The Morgan fingerprint density at radius 1 is 1.40 bits per heavy atom. The average Bonchev–Trinajstić information content (AvgIpc) is 2.29. The van der Waals surface area contributed by atoms with Crippen LogP contribution in [0.25, 0.3) is 0 Å². The zero-order chi connectivity index (χ0) is 11.1. The van der Waals surface area contributed by atoms with Gasteiger partial charge in [0.1, 0.15) is 11.9 Å². The Morgan fingerprint density at radius 2 is 2.07 bits per heavy atom. The fourth-order valence-corrected chi connectivity index (χ4v) is 1.77. The van der Waals surface area contributed by atoms with Gasteiger partial charge in [-0.3, -0.25) is 5.41 Å². The summed E-state index contributed by atoms with van der Waals surface area (Å²) in [5.74, 6) is 0.627. The molecule has 1 atom stereocenters. The number of nitrogens with one attached hydrogen (secondary N) is 1. The van der Waals surface area contributed by atoms with Crippen molar-refractivity contribution in [3.05, 3.63) is 0 Å². The van der Waals surface area contributed by atoms with Crippen LogP contribution < -0.4 is 0 Å². The van der Waals surface area contributed by atoms with E-state index >= 15 is 0 Å². The fourth-order valence-electron chi connectivity index (χ4n) is 1.77. The quantitative estimate of drug-likeness (QED) is 0.557. The normalized spacial score (nSPS) is 18.9. The number of nitrogens with zero attached hydrogens (tertiary/aromatic N) is 1. The fraction of sp³-hybridized carbons (Fsp3) is 0.909. The van der Waals surface area contributed by atoms with Crippen molar-refractivity contribution in [1.82, 2.24) is 4.90 Å². The van der Waals surface area contributed by atoms with Gasteiger partial charge in [-0.05, 0) is 13.3 Å². The highest BCUT2D eigenvalue weighted by Gasteiger charge is 2.21. The van der Waals surface area contributed by atoms with Crippen molar-refractivity contribution in [2.45, 2.75) is 32.8 Å². The first-order valence-corrected chi connectivity index (χ1v) is 5.82. The summed E-state index contributed by atoms with van der Waals surface area (Å²) in [6, 6.07) is 0. The van der Waals surface area contributed by atoms with Crippen LogP contribution in [0.5, 0.6) is 0 Å². The summed E-state index contributed by atoms with van der Waals surface area (Å²) in [5.41, 5.74) is 0. The van der Waals surface area contributed by atoms with E-state index in [9.17, 15) is 0 Å². The molecule has 4 heteroatoms. The predicted octanol–water partition coefficient (Wildman–Crippen LogP) is 1.50. The molecule has 1 unspecified atom stereocenters. The SMILES string of the molecule is CCCC(OCC)C(=N)N1CCOCC1. The average molecular weight is 214 g/mol. The van der Waals surface area contributed by atoms with Crippen molar-refractivity contribution in [2.75, 3.05) is 32.9 Å². The van der Waals surface area contributed by atoms with Gasteiger partial charge in [0.2, 0.25) is 0 Å². The summed E-state index contributed by atoms with van der Waals surface area (Å²) in [4.78, 5) is 2.07. The second-order valence-electron chi connectivity index (χ2n) is 3.72. The molecule has 0 aromatic heterocycles. The third-order valence-corrected chi connectivity index (χ3v) is 2.58. The maximum atomic E-state index is 8.09. The maximum Gasteiger partial charge on any atom is 0.126 e. The molecule has 1 N–H and O–H groups in total. The molecule has 1 aliphatic rings. The van der Waals surface area contributed by atoms with E-state index in [0.717, 1.165) is 39.1 Å². The Morgan fingerprint density at radius 3 is 2.60 bits per heavy atom. The molecule has 15 heavy (non-hydrogen) atoms. The Kier molecular flexibility index (Phi) is 5.65. The first-order chi connectivity index (χ1) is 7.29. The second kappa shape index (κ2) is 6.80. The van der Waals surface area contributed by atoms with Gasteiger partial charge in [0, 0.05) is 19.7 Å². The van der Waals surface area contributed by atoms with Gasteiger partial charge in [-0.15, -0.1) is 0 Å². The van der Waals surface area contributed by atoms with Crippen LogP contribution in [0.4, 0.5) is 0 Å². The lowest BCUT2D eigenvalue weighted by molar-refractivity contribution is 0.0501. The minimum Gasteiger partial charge on any atom is -0.378 e. The number of morpholine rings is 1. The van der Waals surface area contributed by atoms with Crippen molar-refractivity contribution >= 4 is 5.84 Å². The van der Waals surface area contributed by atoms with Gasteiger partial charge >= 0.3 is 0 Å². The summed E-state index contributed by atoms with van der Waals surface area (Å²) < 4.78 is 10.9. The highest BCUT2D eigenvalue weighted by molar-refractivity contribution is 5.83. The molecule has 0 aromatic rings. The molecule has 1 heterocycles. The van der Waals surface area contributed by atoms with E-state index in [1.54, 1.807) is 0 Å². The summed E-state index contributed by atoms with van der Waals surface area (Å²) in [6.45, 7) is 7.89. The first kappa shape index (κ1) is 12.5.